The van der Waals surface area contributed by atoms with Crippen molar-refractivity contribution in [2.24, 2.45) is 5.92 Å². The first-order valence-electron chi connectivity index (χ1n) is 9.18. The maximum absolute atomic E-state index is 3.85. The Morgan fingerprint density at radius 2 is 1.95 bits per heavy atom. The van der Waals surface area contributed by atoms with Crippen molar-refractivity contribution in [3.05, 3.63) is 35.4 Å². The highest BCUT2D eigenvalue weighted by Gasteiger charge is 2.26. The van der Waals surface area contributed by atoms with Gasteiger partial charge in [-0.05, 0) is 68.0 Å². The van der Waals surface area contributed by atoms with Gasteiger partial charge in [0.25, 0.3) is 0 Å². The van der Waals surface area contributed by atoms with Crippen LogP contribution in [0.15, 0.2) is 24.3 Å². The lowest BCUT2D eigenvalue weighted by Gasteiger charge is -2.34. The Labute approximate surface area is 130 Å². The van der Waals surface area contributed by atoms with E-state index in [1.807, 2.05) is 0 Å². The molecule has 3 rings (SSSR count). The summed E-state index contributed by atoms with van der Waals surface area (Å²) < 4.78 is 0. The second kappa shape index (κ2) is 7.45. The average Bonchev–Trinajstić information content (AvgIpc) is 2.48. The highest BCUT2D eigenvalue weighted by atomic mass is 14.9. The fraction of sp³-hybridized carbons (Fsp3) is 0.700. The molecular formula is C20H31N. The van der Waals surface area contributed by atoms with Gasteiger partial charge in [0.15, 0.2) is 0 Å². The number of hydrogen-bond acceptors (Lipinski definition) is 1. The average molecular weight is 285 g/mol. The third-order valence-electron chi connectivity index (χ3n) is 5.59. The van der Waals surface area contributed by atoms with Crippen LogP contribution in [0.2, 0.25) is 0 Å². The molecule has 2 atom stereocenters. The van der Waals surface area contributed by atoms with Gasteiger partial charge in [-0.3, -0.25) is 0 Å². The van der Waals surface area contributed by atoms with E-state index in [2.05, 4.69) is 36.5 Å². The Morgan fingerprint density at radius 3 is 2.71 bits per heavy atom. The largest absolute Gasteiger partial charge is 0.314 e. The number of hydrogen-bond donors (Lipinski definition) is 1. The molecule has 116 valence electrons. The molecule has 1 nitrogen and oxygen atoms in total. The van der Waals surface area contributed by atoms with Gasteiger partial charge in [-0.2, -0.15) is 0 Å². The molecular weight excluding hydrogens is 254 g/mol. The molecule has 2 unspecified atom stereocenters. The minimum Gasteiger partial charge on any atom is -0.314 e. The van der Waals surface area contributed by atoms with Gasteiger partial charge in [0, 0.05) is 6.04 Å². The van der Waals surface area contributed by atoms with Gasteiger partial charge in [0.1, 0.15) is 0 Å². The van der Waals surface area contributed by atoms with Gasteiger partial charge in [-0.15, -0.1) is 0 Å². The zero-order chi connectivity index (χ0) is 14.5. The molecule has 21 heavy (non-hydrogen) atoms. The fourth-order valence-corrected chi connectivity index (χ4v) is 4.19. The van der Waals surface area contributed by atoms with E-state index < -0.39 is 0 Å². The number of nitrogens with one attached hydrogen (secondary N) is 1. The summed E-state index contributed by atoms with van der Waals surface area (Å²) in [6, 6.07) is 9.92. The van der Waals surface area contributed by atoms with Gasteiger partial charge in [-0.1, -0.05) is 50.5 Å². The first-order chi connectivity index (χ1) is 10.4. The molecule has 0 aliphatic heterocycles. The van der Waals surface area contributed by atoms with Crippen LogP contribution in [0.4, 0.5) is 0 Å². The number of fused-ring (bicyclic) bond motifs is 1. The lowest BCUT2D eigenvalue weighted by molar-refractivity contribution is 0.246. The topological polar surface area (TPSA) is 12.0 Å². The van der Waals surface area contributed by atoms with Gasteiger partial charge in [0.05, 0.1) is 0 Å². The van der Waals surface area contributed by atoms with Crippen molar-refractivity contribution in [1.82, 2.24) is 5.32 Å². The van der Waals surface area contributed by atoms with E-state index in [0.717, 1.165) is 17.9 Å². The minimum atomic E-state index is 0.742. The predicted molar refractivity (Wildman–Crippen MR) is 90.8 cm³/mol. The van der Waals surface area contributed by atoms with E-state index in [9.17, 15) is 0 Å². The Kier molecular flexibility index (Phi) is 5.35. The first kappa shape index (κ1) is 15.1. The van der Waals surface area contributed by atoms with Gasteiger partial charge >= 0.3 is 0 Å². The summed E-state index contributed by atoms with van der Waals surface area (Å²) in [5, 5.41) is 3.85. The SMILES string of the molecule is CCCNC(CC1CCC1)CC1CCCc2ccccc21. The van der Waals surface area contributed by atoms with Crippen LogP contribution in [0.25, 0.3) is 0 Å². The Bertz CT molecular complexity index is 435. The summed E-state index contributed by atoms with van der Waals surface area (Å²) in [5.41, 5.74) is 3.27. The van der Waals surface area contributed by atoms with Crippen molar-refractivity contribution in [3.8, 4) is 0 Å². The van der Waals surface area contributed by atoms with Crippen molar-refractivity contribution in [2.45, 2.75) is 76.7 Å². The van der Waals surface area contributed by atoms with Gasteiger partial charge in [-0.25, -0.2) is 0 Å². The van der Waals surface area contributed by atoms with E-state index >= 15 is 0 Å². The van der Waals surface area contributed by atoms with Gasteiger partial charge in [0.2, 0.25) is 0 Å². The van der Waals surface area contributed by atoms with Crippen LogP contribution in [0.5, 0.6) is 0 Å². The molecule has 1 heteroatoms. The smallest absolute Gasteiger partial charge is 0.00755 e. The molecule has 1 aromatic rings. The summed E-state index contributed by atoms with van der Waals surface area (Å²) in [5.74, 6) is 1.81. The fourth-order valence-electron chi connectivity index (χ4n) is 4.19. The van der Waals surface area contributed by atoms with E-state index in [-0.39, 0.29) is 0 Å². The maximum Gasteiger partial charge on any atom is 0.00755 e. The van der Waals surface area contributed by atoms with E-state index in [0.29, 0.717) is 0 Å². The quantitative estimate of drug-likeness (QED) is 0.738. The molecule has 0 spiro atoms. The second-order valence-corrected chi connectivity index (χ2v) is 7.21. The lowest BCUT2D eigenvalue weighted by Crippen LogP contribution is -2.35. The molecule has 0 heterocycles. The standard InChI is InChI=1S/C20H31N/c1-2-13-21-19(14-16-7-5-8-16)15-18-11-6-10-17-9-3-4-12-20(17)18/h3-4,9,12,16,18-19,21H,2,5-8,10-11,13-15H2,1H3. The van der Waals surface area contributed by atoms with E-state index in [1.165, 1.54) is 64.3 Å². The summed E-state index contributed by atoms with van der Waals surface area (Å²) in [6.45, 7) is 3.47. The summed E-state index contributed by atoms with van der Waals surface area (Å²) in [6.07, 6.45) is 12.5. The van der Waals surface area contributed by atoms with Crippen LogP contribution in [-0.2, 0) is 6.42 Å². The maximum atomic E-state index is 3.85. The highest BCUT2D eigenvalue weighted by Crippen LogP contribution is 2.37. The number of aryl methyl sites for hydroxylation is 1. The summed E-state index contributed by atoms with van der Waals surface area (Å²) in [7, 11) is 0. The number of rotatable bonds is 7. The lowest BCUT2D eigenvalue weighted by atomic mass is 9.75. The minimum absolute atomic E-state index is 0.742. The third kappa shape index (κ3) is 3.88. The molecule has 0 bridgehead atoms. The van der Waals surface area contributed by atoms with Crippen LogP contribution in [0.1, 0.15) is 75.3 Å². The molecule has 1 saturated carbocycles. The van der Waals surface area contributed by atoms with Crippen molar-refractivity contribution in [2.75, 3.05) is 6.54 Å². The molecule has 2 aliphatic rings. The Hall–Kier alpha value is -0.820. The van der Waals surface area contributed by atoms with Crippen LogP contribution < -0.4 is 5.32 Å². The summed E-state index contributed by atoms with van der Waals surface area (Å²) in [4.78, 5) is 0. The molecule has 0 aromatic heterocycles. The number of benzene rings is 1. The second-order valence-electron chi connectivity index (χ2n) is 7.21. The van der Waals surface area contributed by atoms with Crippen LogP contribution >= 0.6 is 0 Å². The van der Waals surface area contributed by atoms with Crippen LogP contribution in [0, 0.1) is 5.92 Å². The van der Waals surface area contributed by atoms with Gasteiger partial charge < -0.3 is 5.32 Å². The normalized spacial score (nSPS) is 23.4. The molecule has 0 radical (unpaired) electrons. The summed E-state index contributed by atoms with van der Waals surface area (Å²) >= 11 is 0. The third-order valence-corrected chi connectivity index (χ3v) is 5.59. The molecule has 1 aromatic carbocycles. The van der Waals surface area contributed by atoms with E-state index in [4.69, 9.17) is 0 Å². The van der Waals surface area contributed by atoms with Crippen LogP contribution in [0.3, 0.4) is 0 Å². The highest BCUT2D eigenvalue weighted by molar-refractivity contribution is 5.32. The van der Waals surface area contributed by atoms with Crippen molar-refractivity contribution >= 4 is 0 Å². The molecule has 1 fully saturated rings. The zero-order valence-electron chi connectivity index (χ0n) is 13.6. The molecule has 2 aliphatic carbocycles. The molecule has 1 N–H and O–H groups in total. The van der Waals surface area contributed by atoms with E-state index in [1.54, 1.807) is 11.1 Å². The molecule has 0 amide bonds. The first-order valence-corrected chi connectivity index (χ1v) is 9.18. The monoisotopic (exact) mass is 285 g/mol. The zero-order valence-corrected chi connectivity index (χ0v) is 13.6. The molecule has 0 saturated heterocycles. The van der Waals surface area contributed by atoms with Crippen LogP contribution in [-0.4, -0.2) is 12.6 Å². The Morgan fingerprint density at radius 1 is 1.10 bits per heavy atom. The Balaban J connectivity index is 1.64. The predicted octanol–water partition coefficient (Wildman–Crippen LogP) is 5.06. The van der Waals surface area contributed by atoms with Crippen molar-refractivity contribution in [3.63, 3.8) is 0 Å². The van der Waals surface area contributed by atoms with Crippen molar-refractivity contribution < 1.29 is 0 Å². The van der Waals surface area contributed by atoms with Crippen molar-refractivity contribution in [1.29, 1.82) is 0 Å².